The molecule has 5 rings (SSSR count). The van der Waals surface area contributed by atoms with Crippen molar-refractivity contribution in [1.29, 1.82) is 0 Å². The lowest BCUT2D eigenvalue weighted by atomic mass is 9.92. The molecule has 0 bridgehead atoms. The normalized spacial score (nSPS) is 11.9. The van der Waals surface area contributed by atoms with E-state index < -0.39 is 13.2 Å². The number of urea groups is 1. The summed E-state index contributed by atoms with van der Waals surface area (Å²) >= 11 is 0. The van der Waals surface area contributed by atoms with Crippen LogP contribution in [0.1, 0.15) is 45.1 Å². The zero-order valence-corrected chi connectivity index (χ0v) is 27.1. The number of aromatic nitrogens is 4. The van der Waals surface area contributed by atoms with E-state index in [1.807, 2.05) is 54.6 Å². The molecule has 11 heteroatoms. The highest BCUT2D eigenvalue weighted by Gasteiger charge is 2.22. The van der Waals surface area contributed by atoms with E-state index in [1.54, 1.807) is 42.4 Å². The fourth-order valence-corrected chi connectivity index (χ4v) is 5.66. The third-order valence-electron chi connectivity index (χ3n) is 7.27. The monoisotopic (exact) mass is 626 g/mol. The van der Waals surface area contributed by atoms with Crippen molar-refractivity contribution in [2.75, 3.05) is 30.6 Å². The summed E-state index contributed by atoms with van der Waals surface area (Å²) < 4.78 is 20.4. The second-order valence-electron chi connectivity index (χ2n) is 12.3. The van der Waals surface area contributed by atoms with Gasteiger partial charge in [-0.2, -0.15) is 10.1 Å². The van der Waals surface area contributed by atoms with E-state index in [2.05, 4.69) is 41.4 Å². The number of aliphatic hydroxyl groups is 1. The molecule has 2 heterocycles. The van der Waals surface area contributed by atoms with Gasteiger partial charge in [-0.3, -0.25) is 5.32 Å². The zero-order valence-electron chi connectivity index (χ0n) is 26.2. The fraction of sp³-hybridized carbons (Fsp3) is 0.294. The lowest BCUT2D eigenvalue weighted by Gasteiger charge is -2.14. The molecule has 0 radical (unpaired) electrons. The van der Waals surface area contributed by atoms with Gasteiger partial charge in [-0.25, -0.2) is 14.5 Å². The van der Waals surface area contributed by atoms with Gasteiger partial charge in [0.1, 0.15) is 24.5 Å². The molecule has 0 spiro atoms. The largest absolute Gasteiger partial charge is 0.438 e. The zero-order chi connectivity index (χ0) is 32.2. The standard InChI is InChI=1S/C34H39N6O4P/c1-34(2,3)29-22-31(40(39-29)23-13-15-24(16-14-23)45(4,5)43)38-33(42)36-27-17-18-28(26-11-7-6-10-25(26)27)44-32-19-20-35-30(37-32)12-8-9-21-41/h6-7,10-11,13-20,22,41H,8-9,12,21H2,1-5H3,(H2,36,38,42). The molecule has 0 unspecified atom stereocenters. The minimum Gasteiger partial charge on any atom is -0.438 e. The van der Waals surface area contributed by atoms with Gasteiger partial charge in [-0.05, 0) is 62.6 Å². The predicted octanol–water partition coefficient (Wildman–Crippen LogP) is 7.11. The van der Waals surface area contributed by atoms with Crippen LogP contribution in [0.15, 0.2) is 79.0 Å². The number of aryl methyl sites for hydroxylation is 1. The lowest BCUT2D eigenvalue weighted by molar-refractivity contribution is 0.262. The van der Waals surface area contributed by atoms with Crippen molar-refractivity contribution in [2.24, 2.45) is 0 Å². The number of ether oxygens (including phenoxy) is 1. The first-order chi connectivity index (χ1) is 21.4. The van der Waals surface area contributed by atoms with Crippen LogP contribution in [0.4, 0.5) is 16.3 Å². The van der Waals surface area contributed by atoms with Gasteiger partial charge in [0.15, 0.2) is 0 Å². The summed E-state index contributed by atoms with van der Waals surface area (Å²) in [5.74, 6) is 2.17. The Labute approximate surface area is 263 Å². The van der Waals surface area contributed by atoms with Gasteiger partial charge in [0, 0.05) is 52.8 Å². The minimum absolute atomic E-state index is 0.138. The first-order valence-electron chi connectivity index (χ1n) is 14.9. The maximum atomic E-state index is 13.4. The van der Waals surface area contributed by atoms with Crippen molar-refractivity contribution in [3.8, 4) is 17.3 Å². The van der Waals surface area contributed by atoms with Crippen LogP contribution in [0, 0.1) is 0 Å². The number of fused-ring (bicyclic) bond motifs is 1. The van der Waals surface area contributed by atoms with Gasteiger partial charge in [0.2, 0.25) is 5.88 Å². The van der Waals surface area contributed by atoms with E-state index in [-0.39, 0.29) is 12.0 Å². The molecule has 0 aliphatic heterocycles. The van der Waals surface area contributed by atoms with E-state index in [4.69, 9.17) is 14.9 Å². The number of rotatable bonds is 10. The Morgan fingerprint density at radius 3 is 2.38 bits per heavy atom. The Morgan fingerprint density at radius 2 is 1.69 bits per heavy atom. The number of carbonyl (C=O) groups is 1. The summed E-state index contributed by atoms with van der Waals surface area (Å²) in [4.78, 5) is 22.2. The molecule has 3 N–H and O–H groups in total. The number of carbonyl (C=O) groups excluding carboxylic acids is 1. The number of aliphatic hydroxyl groups excluding tert-OH is 1. The van der Waals surface area contributed by atoms with E-state index >= 15 is 0 Å². The van der Waals surface area contributed by atoms with Crippen molar-refractivity contribution >= 4 is 40.8 Å². The van der Waals surface area contributed by atoms with Crippen molar-refractivity contribution in [3.63, 3.8) is 0 Å². The third kappa shape index (κ3) is 7.77. The van der Waals surface area contributed by atoms with Crippen LogP contribution in [-0.4, -0.2) is 50.8 Å². The van der Waals surface area contributed by atoms with Crippen LogP contribution in [0.3, 0.4) is 0 Å². The van der Waals surface area contributed by atoms with E-state index in [1.165, 1.54) is 0 Å². The summed E-state index contributed by atoms with van der Waals surface area (Å²) in [7, 11) is -2.41. The van der Waals surface area contributed by atoms with E-state index in [0.717, 1.165) is 33.9 Å². The predicted molar refractivity (Wildman–Crippen MR) is 180 cm³/mol. The summed E-state index contributed by atoms with van der Waals surface area (Å²) in [6, 6.07) is 21.8. The molecule has 0 aliphatic carbocycles. The van der Waals surface area contributed by atoms with Crippen LogP contribution < -0.4 is 20.7 Å². The first kappa shape index (κ1) is 31.9. The summed E-state index contributed by atoms with van der Waals surface area (Å²) in [5.41, 5.74) is 1.91. The second kappa shape index (κ2) is 13.2. The molecule has 45 heavy (non-hydrogen) atoms. The summed E-state index contributed by atoms with van der Waals surface area (Å²) in [5, 5.41) is 22.2. The van der Waals surface area contributed by atoms with Crippen LogP contribution in [0.2, 0.25) is 0 Å². The van der Waals surface area contributed by atoms with Gasteiger partial charge in [0.05, 0.1) is 17.1 Å². The maximum Gasteiger partial charge on any atom is 0.324 e. The topological polar surface area (TPSA) is 131 Å². The SMILES string of the molecule is CC(C)(C)c1cc(NC(=O)Nc2ccc(Oc3ccnc(CCCCO)n3)c3ccccc23)n(-c2ccc(P(C)(C)=O)cc2)n1. The Hall–Kier alpha value is -4.53. The van der Waals surface area contributed by atoms with Gasteiger partial charge < -0.3 is 19.7 Å². The van der Waals surface area contributed by atoms with Gasteiger partial charge in [-0.15, -0.1) is 0 Å². The molecule has 0 aliphatic rings. The highest BCUT2D eigenvalue weighted by molar-refractivity contribution is 7.70. The average molecular weight is 627 g/mol. The Balaban J connectivity index is 1.39. The molecular weight excluding hydrogens is 587 g/mol. The lowest BCUT2D eigenvalue weighted by Crippen LogP contribution is -2.21. The second-order valence-corrected chi connectivity index (χ2v) is 15.5. The van der Waals surface area contributed by atoms with Crippen LogP contribution in [-0.2, 0) is 16.4 Å². The smallest absolute Gasteiger partial charge is 0.324 e. The number of benzene rings is 3. The maximum absolute atomic E-state index is 13.4. The fourth-order valence-electron chi connectivity index (χ4n) is 4.79. The quantitative estimate of drug-likeness (QED) is 0.111. The third-order valence-corrected chi connectivity index (χ3v) is 8.81. The van der Waals surface area contributed by atoms with Crippen LogP contribution >= 0.6 is 7.14 Å². The number of unbranched alkanes of at least 4 members (excludes halogenated alkanes) is 1. The van der Waals surface area contributed by atoms with Crippen molar-refractivity contribution < 1.29 is 19.2 Å². The Bertz CT molecular complexity index is 1860. The molecular formula is C34H39N6O4P. The number of nitrogens with one attached hydrogen (secondary N) is 2. The van der Waals surface area contributed by atoms with E-state index in [0.29, 0.717) is 41.8 Å². The minimum atomic E-state index is -2.41. The molecule has 0 fully saturated rings. The van der Waals surface area contributed by atoms with Crippen LogP contribution in [0.25, 0.3) is 16.5 Å². The Kier molecular flexibility index (Phi) is 9.37. The molecule has 0 atom stereocenters. The van der Waals surface area contributed by atoms with Gasteiger partial charge in [0.25, 0.3) is 0 Å². The number of hydrogen-bond donors (Lipinski definition) is 3. The van der Waals surface area contributed by atoms with Crippen molar-refractivity contribution in [3.05, 3.63) is 90.5 Å². The number of amides is 2. The summed E-state index contributed by atoms with van der Waals surface area (Å²) in [6.45, 7) is 9.80. The number of anilines is 2. The van der Waals surface area contributed by atoms with Gasteiger partial charge in [-0.1, -0.05) is 45.0 Å². The molecule has 2 amide bonds. The Morgan fingerprint density at radius 1 is 0.956 bits per heavy atom. The molecule has 3 aromatic carbocycles. The highest BCUT2D eigenvalue weighted by atomic mass is 31.2. The van der Waals surface area contributed by atoms with Crippen LogP contribution in [0.5, 0.6) is 11.6 Å². The van der Waals surface area contributed by atoms with Gasteiger partial charge >= 0.3 is 6.03 Å². The van der Waals surface area contributed by atoms with E-state index in [9.17, 15) is 9.36 Å². The molecule has 234 valence electrons. The average Bonchev–Trinajstić information content (AvgIpc) is 3.43. The highest BCUT2D eigenvalue weighted by Crippen LogP contribution is 2.36. The number of nitrogens with zero attached hydrogens (tertiary/aromatic N) is 4. The first-order valence-corrected chi connectivity index (χ1v) is 17.5. The molecule has 2 aromatic heterocycles. The molecule has 10 nitrogen and oxygen atoms in total. The number of hydrogen-bond acceptors (Lipinski definition) is 7. The molecule has 0 saturated heterocycles. The summed E-state index contributed by atoms with van der Waals surface area (Å²) in [6.07, 6.45) is 3.79. The molecule has 5 aromatic rings. The van der Waals surface area contributed by atoms with Crippen molar-refractivity contribution in [2.45, 2.75) is 45.4 Å². The van der Waals surface area contributed by atoms with Crippen molar-refractivity contribution in [1.82, 2.24) is 19.7 Å². The molecule has 0 saturated carbocycles.